The molecule has 0 radical (unpaired) electrons. The number of hydrogen-bond donors (Lipinski definition) is 2. The van der Waals surface area contributed by atoms with E-state index in [4.69, 9.17) is 4.74 Å². The number of methoxy groups -OCH3 is 1. The van der Waals surface area contributed by atoms with Gasteiger partial charge in [-0.1, -0.05) is 26.0 Å². The van der Waals surface area contributed by atoms with Crippen LogP contribution in [0.3, 0.4) is 0 Å². The van der Waals surface area contributed by atoms with E-state index in [9.17, 15) is 13.2 Å². The van der Waals surface area contributed by atoms with Crippen LogP contribution >= 0.6 is 0 Å². The third kappa shape index (κ3) is 5.99. The Balaban J connectivity index is 2.19. The molecule has 2 aromatic carbocycles. The molecule has 0 saturated carbocycles. The third-order valence-electron chi connectivity index (χ3n) is 4.01. The smallest absolute Gasteiger partial charge is 0.261 e. The summed E-state index contributed by atoms with van der Waals surface area (Å²) in [5, 5.41) is 2.62. The summed E-state index contributed by atoms with van der Waals surface area (Å²) >= 11 is 0. The van der Waals surface area contributed by atoms with Crippen LogP contribution < -0.4 is 14.8 Å². The standard InChI is InChI=1S/C20H26N2O4S/c1-14(2)5-6-16-7-10-18(11-8-16)27(24,25)22-17-9-12-20(26-4)19(13-17)21-15(3)23/h7-14,22H,5-6H2,1-4H3,(H,21,23). The first kappa shape index (κ1) is 20.8. The molecule has 0 bridgehead atoms. The van der Waals surface area contributed by atoms with Gasteiger partial charge in [0.05, 0.1) is 23.4 Å². The molecule has 7 heteroatoms. The fourth-order valence-corrected chi connectivity index (χ4v) is 3.61. The van der Waals surface area contributed by atoms with E-state index in [1.54, 1.807) is 24.3 Å². The molecule has 0 atom stereocenters. The summed E-state index contributed by atoms with van der Waals surface area (Å²) in [6, 6.07) is 11.6. The predicted octanol–water partition coefficient (Wildman–Crippen LogP) is 4.04. The summed E-state index contributed by atoms with van der Waals surface area (Å²) in [6.45, 7) is 5.69. The lowest BCUT2D eigenvalue weighted by molar-refractivity contribution is -0.114. The summed E-state index contributed by atoms with van der Waals surface area (Å²) in [5.74, 6) is 0.774. The molecule has 0 aromatic heterocycles. The first-order chi connectivity index (χ1) is 12.7. The molecule has 2 rings (SSSR count). The van der Waals surface area contributed by atoms with Crippen LogP contribution in [0.1, 0.15) is 32.8 Å². The van der Waals surface area contributed by atoms with Crippen LogP contribution in [-0.4, -0.2) is 21.4 Å². The lowest BCUT2D eigenvalue weighted by atomic mass is 10.0. The van der Waals surface area contributed by atoms with Gasteiger partial charge in [0.1, 0.15) is 5.75 Å². The quantitative estimate of drug-likeness (QED) is 0.712. The number of nitrogens with one attached hydrogen (secondary N) is 2. The van der Waals surface area contributed by atoms with Crippen molar-refractivity contribution in [2.75, 3.05) is 17.1 Å². The highest BCUT2D eigenvalue weighted by Gasteiger charge is 2.15. The molecule has 0 aliphatic rings. The van der Waals surface area contributed by atoms with E-state index in [0.29, 0.717) is 23.0 Å². The number of hydrogen-bond acceptors (Lipinski definition) is 4. The number of aryl methyl sites for hydroxylation is 1. The molecule has 0 aliphatic carbocycles. The van der Waals surface area contributed by atoms with Crippen molar-refractivity contribution in [1.82, 2.24) is 0 Å². The second-order valence-corrected chi connectivity index (χ2v) is 8.46. The van der Waals surface area contributed by atoms with E-state index in [0.717, 1.165) is 18.4 Å². The lowest BCUT2D eigenvalue weighted by Gasteiger charge is -2.13. The summed E-state index contributed by atoms with van der Waals surface area (Å²) in [7, 11) is -2.25. The topological polar surface area (TPSA) is 84.5 Å². The molecular weight excluding hydrogens is 364 g/mol. The summed E-state index contributed by atoms with van der Waals surface area (Å²) in [6.07, 6.45) is 1.98. The maximum atomic E-state index is 12.6. The van der Waals surface area contributed by atoms with E-state index in [1.165, 1.54) is 20.1 Å². The minimum Gasteiger partial charge on any atom is -0.495 e. The normalized spacial score (nSPS) is 11.3. The van der Waals surface area contributed by atoms with Crippen molar-refractivity contribution in [2.24, 2.45) is 5.92 Å². The average Bonchev–Trinajstić information content (AvgIpc) is 2.60. The van der Waals surface area contributed by atoms with Crippen LogP contribution in [-0.2, 0) is 21.2 Å². The number of carbonyl (C=O) groups is 1. The Morgan fingerprint density at radius 1 is 1.11 bits per heavy atom. The second kappa shape index (κ2) is 8.90. The van der Waals surface area contributed by atoms with Gasteiger partial charge in [0, 0.05) is 6.92 Å². The first-order valence-corrected chi connectivity index (χ1v) is 10.3. The molecule has 0 fully saturated rings. The highest BCUT2D eigenvalue weighted by atomic mass is 32.2. The molecule has 0 heterocycles. The van der Waals surface area contributed by atoms with Crippen LogP contribution in [0.2, 0.25) is 0 Å². The van der Waals surface area contributed by atoms with Crippen LogP contribution in [0.15, 0.2) is 47.4 Å². The molecule has 2 aromatic rings. The average molecular weight is 391 g/mol. The van der Waals surface area contributed by atoms with Gasteiger partial charge in [0.25, 0.3) is 10.0 Å². The van der Waals surface area contributed by atoms with Gasteiger partial charge in [0.2, 0.25) is 5.91 Å². The largest absolute Gasteiger partial charge is 0.495 e. The molecule has 0 aliphatic heterocycles. The Kier molecular flexibility index (Phi) is 6.85. The summed E-state index contributed by atoms with van der Waals surface area (Å²) < 4.78 is 33.0. The maximum absolute atomic E-state index is 12.6. The number of carbonyl (C=O) groups excluding carboxylic acids is 1. The molecule has 146 valence electrons. The fraction of sp³-hybridized carbons (Fsp3) is 0.350. The zero-order chi connectivity index (χ0) is 20.0. The maximum Gasteiger partial charge on any atom is 0.261 e. The number of benzene rings is 2. The van der Waals surface area contributed by atoms with Crippen molar-refractivity contribution in [2.45, 2.75) is 38.5 Å². The Morgan fingerprint density at radius 2 is 1.78 bits per heavy atom. The highest BCUT2D eigenvalue weighted by Crippen LogP contribution is 2.29. The van der Waals surface area contributed by atoms with Gasteiger partial charge in [-0.2, -0.15) is 0 Å². The monoisotopic (exact) mass is 390 g/mol. The van der Waals surface area contributed by atoms with E-state index in [1.807, 2.05) is 12.1 Å². The Morgan fingerprint density at radius 3 is 2.33 bits per heavy atom. The van der Waals surface area contributed by atoms with Gasteiger partial charge in [-0.15, -0.1) is 0 Å². The number of sulfonamides is 1. The van der Waals surface area contributed by atoms with Crippen molar-refractivity contribution in [3.05, 3.63) is 48.0 Å². The van der Waals surface area contributed by atoms with E-state index >= 15 is 0 Å². The predicted molar refractivity (Wildman–Crippen MR) is 108 cm³/mol. The van der Waals surface area contributed by atoms with Crippen molar-refractivity contribution in [3.63, 3.8) is 0 Å². The van der Waals surface area contributed by atoms with Gasteiger partial charge in [0.15, 0.2) is 0 Å². The van der Waals surface area contributed by atoms with Gasteiger partial charge >= 0.3 is 0 Å². The SMILES string of the molecule is COc1ccc(NS(=O)(=O)c2ccc(CCC(C)C)cc2)cc1NC(C)=O. The number of anilines is 2. The van der Waals surface area contributed by atoms with Crippen LogP contribution in [0.4, 0.5) is 11.4 Å². The van der Waals surface area contributed by atoms with Crippen LogP contribution in [0.5, 0.6) is 5.75 Å². The molecule has 6 nitrogen and oxygen atoms in total. The molecule has 27 heavy (non-hydrogen) atoms. The number of rotatable bonds is 8. The molecule has 0 spiro atoms. The van der Waals surface area contributed by atoms with E-state index < -0.39 is 10.0 Å². The molecule has 0 unspecified atom stereocenters. The first-order valence-electron chi connectivity index (χ1n) is 8.78. The summed E-state index contributed by atoms with van der Waals surface area (Å²) in [5.41, 5.74) is 1.85. The molecule has 0 saturated heterocycles. The Hall–Kier alpha value is -2.54. The lowest BCUT2D eigenvalue weighted by Crippen LogP contribution is -2.14. The number of amides is 1. The Labute approximate surface area is 161 Å². The third-order valence-corrected chi connectivity index (χ3v) is 5.40. The van der Waals surface area contributed by atoms with E-state index in [-0.39, 0.29) is 10.8 Å². The minimum atomic E-state index is -3.73. The molecule has 2 N–H and O–H groups in total. The van der Waals surface area contributed by atoms with Gasteiger partial charge in [-0.25, -0.2) is 8.42 Å². The Bertz CT molecular complexity index is 891. The summed E-state index contributed by atoms with van der Waals surface area (Å²) in [4.78, 5) is 11.5. The molecular formula is C20H26N2O4S. The van der Waals surface area contributed by atoms with Crippen molar-refractivity contribution in [3.8, 4) is 5.75 Å². The van der Waals surface area contributed by atoms with E-state index in [2.05, 4.69) is 23.9 Å². The highest BCUT2D eigenvalue weighted by molar-refractivity contribution is 7.92. The fourth-order valence-electron chi connectivity index (χ4n) is 2.56. The van der Waals surface area contributed by atoms with Gasteiger partial charge < -0.3 is 10.1 Å². The van der Waals surface area contributed by atoms with Gasteiger partial charge in [-0.3, -0.25) is 9.52 Å². The second-order valence-electron chi connectivity index (χ2n) is 6.78. The van der Waals surface area contributed by atoms with Crippen LogP contribution in [0.25, 0.3) is 0 Å². The van der Waals surface area contributed by atoms with Crippen LogP contribution in [0, 0.1) is 5.92 Å². The van der Waals surface area contributed by atoms with Crippen molar-refractivity contribution in [1.29, 1.82) is 0 Å². The zero-order valence-corrected chi connectivity index (χ0v) is 16.9. The number of ether oxygens (including phenoxy) is 1. The van der Waals surface area contributed by atoms with Crippen molar-refractivity contribution >= 4 is 27.3 Å². The molecule has 1 amide bonds. The minimum absolute atomic E-state index is 0.188. The van der Waals surface area contributed by atoms with Gasteiger partial charge in [-0.05, 0) is 54.7 Å². The van der Waals surface area contributed by atoms with Crippen molar-refractivity contribution < 1.29 is 17.9 Å². The zero-order valence-electron chi connectivity index (χ0n) is 16.1.